The fraction of sp³-hybridized carbons (Fsp3) is 0.500. The molecule has 1 aromatic carbocycles. The third kappa shape index (κ3) is 4.73. The summed E-state index contributed by atoms with van der Waals surface area (Å²) in [6.45, 7) is 2.14. The summed E-state index contributed by atoms with van der Waals surface area (Å²) in [6.07, 6.45) is 3.41. The summed E-state index contributed by atoms with van der Waals surface area (Å²) in [7, 11) is 0. The Morgan fingerprint density at radius 1 is 1.47 bits per heavy atom. The van der Waals surface area contributed by atoms with Gasteiger partial charge in [-0.25, -0.2) is 0 Å². The molecule has 2 rings (SSSR count). The maximum atomic E-state index is 11.9. The van der Waals surface area contributed by atoms with Crippen LogP contribution in [0.25, 0.3) is 0 Å². The number of halogens is 1. The predicted molar refractivity (Wildman–Crippen MR) is 76.4 cm³/mol. The molecule has 1 fully saturated rings. The van der Waals surface area contributed by atoms with Gasteiger partial charge in [0.15, 0.2) is 0 Å². The molecule has 0 saturated heterocycles. The average Bonchev–Trinajstić information content (AvgIpc) is 3.17. The maximum absolute atomic E-state index is 11.9. The van der Waals surface area contributed by atoms with Crippen molar-refractivity contribution in [3.05, 3.63) is 28.8 Å². The molecule has 0 heterocycles. The van der Waals surface area contributed by atoms with Crippen LogP contribution >= 0.6 is 11.6 Å². The van der Waals surface area contributed by atoms with E-state index in [9.17, 15) is 4.79 Å². The zero-order valence-corrected chi connectivity index (χ0v) is 11.6. The highest BCUT2D eigenvalue weighted by molar-refractivity contribution is 6.31. The van der Waals surface area contributed by atoms with Crippen molar-refractivity contribution in [3.8, 4) is 0 Å². The molecule has 5 heteroatoms. The minimum absolute atomic E-state index is 0.170. The molecule has 104 valence electrons. The van der Waals surface area contributed by atoms with E-state index in [1.807, 2.05) is 0 Å². The molecule has 0 bridgehead atoms. The van der Waals surface area contributed by atoms with E-state index >= 15 is 0 Å². The van der Waals surface area contributed by atoms with Crippen molar-refractivity contribution in [2.24, 2.45) is 5.92 Å². The lowest BCUT2D eigenvalue weighted by Gasteiger charge is -2.08. The molecule has 1 saturated carbocycles. The highest BCUT2D eigenvalue weighted by Crippen LogP contribution is 2.28. The summed E-state index contributed by atoms with van der Waals surface area (Å²) in [4.78, 5) is 11.9. The first-order valence-corrected chi connectivity index (χ1v) is 6.95. The smallest absolute Gasteiger partial charge is 0.253 e. The van der Waals surface area contributed by atoms with Gasteiger partial charge in [0.05, 0.1) is 5.56 Å². The molecular weight excluding hydrogens is 264 g/mol. The third-order valence-corrected chi connectivity index (χ3v) is 3.29. The van der Waals surface area contributed by atoms with Gasteiger partial charge < -0.3 is 15.8 Å². The molecule has 19 heavy (non-hydrogen) atoms. The molecule has 0 radical (unpaired) electrons. The van der Waals surface area contributed by atoms with Gasteiger partial charge in [0.1, 0.15) is 0 Å². The number of anilines is 1. The lowest BCUT2D eigenvalue weighted by atomic mass is 10.1. The van der Waals surface area contributed by atoms with Crippen LogP contribution in [-0.4, -0.2) is 25.7 Å². The summed E-state index contributed by atoms with van der Waals surface area (Å²) < 4.78 is 5.49. The predicted octanol–water partition coefficient (Wildman–Crippen LogP) is 2.47. The summed E-state index contributed by atoms with van der Waals surface area (Å²) >= 11 is 5.79. The Bertz CT molecular complexity index is 447. The molecule has 0 aromatic heterocycles. The van der Waals surface area contributed by atoms with Crippen molar-refractivity contribution in [2.75, 3.05) is 25.5 Å². The number of carbonyl (C=O) groups is 1. The van der Waals surface area contributed by atoms with Gasteiger partial charge in [0, 0.05) is 30.5 Å². The second-order valence-electron chi connectivity index (χ2n) is 4.86. The minimum Gasteiger partial charge on any atom is -0.398 e. The number of hydrogen-bond donors (Lipinski definition) is 2. The number of benzene rings is 1. The summed E-state index contributed by atoms with van der Waals surface area (Å²) in [6, 6.07) is 4.87. The summed E-state index contributed by atoms with van der Waals surface area (Å²) in [5, 5.41) is 3.35. The van der Waals surface area contributed by atoms with E-state index < -0.39 is 0 Å². The largest absolute Gasteiger partial charge is 0.398 e. The van der Waals surface area contributed by atoms with Gasteiger partial charge in [-0.2, -0.15) is 0 Å². The Balaban J connectivity index is 1.65. The fourth-order valence-corrected chi connectivity index (χ4v) is 1.93. The van der Waals surface area contributed by atoms with Crippen LogP contribution in [0, 0.1) is 5.92 Å². The van der Waals surface area contributed by atoms with Crippen LogP contribution in [0.4, 0.5) is 5.69 Å². The topological polar surface area (TPSA) is 64.4 Å². The van der Waals surface area contributed by atoms with Crippen molar-refractivity contribution in [1.82, 2.24) is 5.32 Å². The standard InChI is InChI=1S/C14H19ClN2O2/c15-11-4-5-12(13(16)8-11)14(18)17-6-1-7-19-9-10-2-3-10/h4-5,8,10H,1-3,6-7,9,16H2,(H,17,18). The Kier molecular flexibility index (Phi) is 5.05. The number of nitrogen functional groups attached to an aromatic ring is 1. The summed E-state index contributed by atoms with van der Waals surface area (Å²) in [5.74, 6) is 0.611. The Morgan fingerprint density at radius 3 is 2.95 bits per heavy atom. The first-order chi connectivity index (χ1) is 9.16. The van der Waals surface area contributed by atoms with E-state index in [4.69, 9.17) is 22.1 Å². The lowest BCUT2D eigenvalue weighted by molar-refractivity contribution is 0.0938. The number of rotatable bonds is 7. The first kappa shape index (κ1) is 14.2. The van der Waals surface area contributed by atoms with E-state index in [1.54, 1.807) is 18.2 Å². The van der Waals surface area contributed by atoms with Crippen LogP contribution in [-0.2, 0) is 4.74 Å². The molecular formula is C14H19ClN2O2. The molecule has 0 unspecified atom stereocenters. The SMILES string of the molecule is Nc1cc(Cl)ccc1C(=O)NCCCOCC1CC1. The quantitative estimate of drug-likeness (QED) is 0.596. The Hall–Kier alpha value is -1.26. The lowest BCUT2D eigenvalue weighted by Crippen LogP contribution is -2.26. The van der Waals surface area contributed by atoms with E-state index in [0.29, 0.717) is 29.4 Å². The van der Waals surface area contributed by atoms with Gasteiger partial charge in [-0.1, -0.05) is 11.6 Å². The van der Waals surface area contributed by atoms with Crippen molar-refractivity contribution >= 4 is 23.2 Å². The highest BCUT2D eigenvalue weighted by atomic mass is 35.5. The average molecular weight is 283 g/mol. The highest BCUT2D eigenvalue weighted by Gasteiger charge is 2.20. The van der Waals surface area contributed by atoms with Crippen LogP contribution in [0.1, 0.15) is 29.6 Å². The number of hydrogen-bond acceptors (Lipinski definition) is 3. The molecule has 1 amide bonds. The van der Waals surface area contributed by atoms with Crippen molar-refractivity contribution < 1.29 is 9.53 Å². The molecule has 1 aliphatic carbocycles. The van der Waals surface area contributed by atoms with Crippen molar-refractivity contribution in [3.63, 3.8) is 0 Å². The number of nitrogens with two attached hydrogens (primary N) is 1. The van der Waals surface area contributed by atoms with E-state index in [1.165, 1.54) is 12.8 Å². The van der Waals surface area contributed by atoms with E-state index in [2.05, 4.69) is 5.32 Å². The normalized spacial score (nSPS) is 14.4. The Labute approximate surface area is 118 Å². The first-order valence-electron chi connectivity index (χ1n) is 6.58. The molecule has 0 atom stereocenters. The number of amides is 1. The van der Waals surface area contributed by atoms with Crippen LogP contribution in [0.5, 0.6) is 0 Å². The van der Waals surface area contributed by atoms with Gasteiger partial charge in [-0.3, -0.25) is 4.79 Å². The third-order valence-electron chi connectivity index (χ3n) is 3.06. The summed E-state index contributed by atoms with van der Waals surface area (Å²) in [5.41, 5.74) is 6.60. The second-order valence-corrected chi connectivity index (χ2v) is 5.30. The van der Waals surface area contributed by atoms with Crippen LogP contribution in [0.15, 0.2) is 18.2 Å². The molecule has 3 N–H and O–H groups in total. The molecule has 1 aromatic rings. The van der Waals surface area contributed by atoms with E-state index in [0.717, 1.165) is 18.9 Å². The van der Waals surface area contributed by atoms with Crippen molar-refractivity contribution in [2.45, 2.75) is 19.3 Å². The maximum Gasteiger partial charge on any atom is 0.253 e. The minimum atomic E-state index is -0.170. The second kappa shape index (κ2) is 6.78. The van der Waals surface area contributed by atoms with Crippen molar-refractivity contribution in [1.29, 1.82) is 0 Å². The molecule has 1 aliphatic rings. The van der Waals surface area contributed by atoms with Gasteiger partial charge in [-0.05, 0) is 43.4 Å². The molecule has 0 spiro atoms. The zero-order chi connectivity index (χ0) is 13.7. The zero-order valence-electron chi connectivity index (χ0n) is 10.8. The molecule has 4 nitrogen and oxygen atoms in total. The molecule has 0 aliphatic heterocycles. The van der Waals surface area contributed by atoms with Crippen LogP contribution in [0.3, 0.4) is 0 Å². The number of carbonyl (C=O) groups excluding carboxylic acids is 1. The number of ether oxygens (including phenoxy) is 1. The van der Waals surface area contributed by atoms with Crippen LogP contribution in [0.2, 0.25) is 5.02 Å². The Morgan fingerprint density at radius 2 is 2.26 bits per heavy atom. The van der Waals surface area contributed by atoms with Gasteiger partial charge in [0.2, 0.25) is 0 Å². The van der Waals surface area contributed by atoms with Crippen LogP contribution < -0.4 is 11.1 Å². The monoisotopic (exact) mass is 282 g/mol. The fourth-order valence-electron chi connectivity index (χ4n) is 1.75. The van der Waals surface area contributed by atoms with Gasteiger partial charge in [-0.15, -0.1) is 0 Å². The van der Waals surface area contributed by atoms with Gasteiger partial charge >= 0.3 is 0 Å². The van der Waals surface area contributed by atoms with E-state index in [-0.39, 0.29) is 5.91 Å². The number of nitrogens with one attached hydrogen (secondary N) is 1. The van der Waals surface area contributed by atoms with Gasteiger partial charge in [0.25, 0.3) is 5.91 Å².